The van der Waals surface area contributed by atoms with Gasteiger partial charge in [-0.2, -0.15) is 0 Å². The fraction of sp³-hybridized carbons (Fsp3) is 0.250. The Hall–Kier alpha value is -0.340. The lowest BCUT2D eigenvalue weighted by molar-refractivity contribution is 0.277. The van der Waals surface area contributed by atoms with Crippen LogP contribution in [0, 0.1) is 6.92 Å². The van der Waals surface area contributed by atoms with Gasteiger partial charge < -0.3 is 5.11 Å². The topological polar surface area (TPSA) is 20.2 Å². The second-order valence-corrected chi connectivity index (χ2v) is 3.12. The van der Waals surface area contributed by atoms with Gasteiger partial charge in [-0.3, -0.25) is 0 Å². The van der Waals surface area contributed by atoms with E-state index in [-0.39, 0.29) is 0 Å². The molecule has 54 valence electrons. The molecular weight excluding hydrogens is 192 g/mol. The van der Waals surface area contributed by atoms with E-state index in [0.29, 0.717) is 0 Å². The number of hydrogen-bond acceptors (Lipinski definition) is 1. The van der Waals surface area contributed by atoms with Crippen LogP contribution in [0.15, 0.2) is 24.3 Å². The lowest BCUT2D eigenvalue weighted by Gasteiger charge is -2.02. The molecule has 0 radical (unpaired) electrons. The molecule has 0 aliphatic heterocycles. The second-order valence-electron chi connectivity index (χ2n) is 2.25. The normalized spacial score (nSPS) is 13.1. The number of hydrogen-bond donors (Lipinski definition) is 1. The number of aryl methyl sites for hydroxylation is 1. The van der Waals surface area contributed by atoms with Crippen LogP contribution in [0.2, 0.25) is 0 Å². The van der Waals surface area contributed by atoms with Crippen LogP contribution >= 0.6 is 15.9 Å². The molecule has 0 spiro atoms. The zero-order chi connectivity index (χ0) is 7.56. The van der Waals surface area contributed by atoms with Gasteiger partial charge >= 0.3 is 0 Å². The molecule has 1 N–H and O–H groups in total. The number of aliphatic hydroxyl groups excluding tert-OH is 1. The van der Waals surface area contributed by atoms with Crippen molar-refractivity contribution in [3.63, 3.8) is 0 Å². The van der Waals surface area contributed by atoms with Gasteiger partial charge in [-0.15, -0.1) is 0 Å². The molecule has 1 rings (SSSR count). The molecular formula is C8H9BrO. The first-order chi connectivity index (χ1) is 4.70. The van der Waals surface area contributed by atoms with E-state index >= 15 is 0 Å². The highest BCUT2D eigenvalue weighted by Gasteiger charge is 1.99. The molecule has 0 bridgehead atoms. The highest BCUT2D eigenvalue weighted by molar-refractivity contribution is 9.09. The minimum atomic E-state index is -0.535. The monoisotopic (exact) mass is 200 g/mol. The van der Waals surface area contributed by atoms with Crippen molar-refractivity contribution in [2.75, 3.05) is 0 Å². The van der Waals surface area contributed by atoms with Crippen molar-refractivity contribution < 1.29 is 5.11 Å². The van der Waals surface area contributed by atoms with E-state index in [1.165, 1.54) is 0 Å². The Morgan fingerprint density at radius 2 is 2.20 bits per heavy atom. The molecule has 0 aromatic heterocycles. The van der Waals surface area contributed by atoms with E-state index in [9.17, 15) is 0 Å². The molecule has 2 heteroatoms. The zero-order valence-corrected chi connectivity index (χ0v) is 7.30. The van der Waals surface area contributed by atoms with Gasteiger partial charge in [0.05, 0.1) is 0 Å². The molecule has 10 heavy (non-hydrogen) atoms. The minimum Gasteiger partial charge on any atom is -0.377 e. The van der Waals surface area contributed by atoms with Crippen LogP contribution in [0.5, 0.6) is 0 Å². The molecule has 1 nitrogen and oxygen atoms in total. The average molecular weight is 201 g/mol. The Kier molecular flexibility index (Phi) is 2.46. The summed E-state index contributed by atoms with van der Waals surface area (Å²) in [6.45, 7) is 2.00. The Morgan fingerprint density at radius 1 is 1.50 bits per heavy atom. The van der Waals surface area contributed by atoms with Crippen molar-refractivity contribution in [3.8, 4) is 0 Å². The van der Waals surface area contributed by atoms with Gasteiger partial charge in [0.15, 0.2) is 0 Å². The second kappa shape index (κ2) is 3.17. The quantitative estimate of drug-likeness (QED) is 0.691. The summed E-state index contributed by atoms with van der Waals surface area (Å²) in [7, 11) is 0. The number of rotatable bonds is 1. The van der Waals surface area contributed by atoms with Crippen molar-refractivity contribution >= 4 is 15.9 Å². The standard InChI is InChI=1S/C8H9BrO/c1-6-3-2-4-7(5-6)8(9)10/h2-5,8,10H,1H3. The van der Waals surface area contributed by atoms with Crippen molar-refractivity contribution in [1.82, 2.24) is 0 Å². The molecule has 0 heterocycles. The molecule has 0 fully saturated rings. The molecule has 0 amide bonds. The van der Waals surface area contributed by atoms with Crippen molar-refractivity contribution in [1.29, 1.82) is 0 Å². The van der Waals surface area contributed by atoms with Crippen LogP contribution in [0.25, 0.3) is 0 Å². The maximum absolute atomic E-state index is 9.06. The fourth-order valence-electron chi connectivity index (χ4n) is 0.818. The summed E-state index contributed by atoms with van der Waals surface area (Å²) in [5.74, 6) is 0. The third kappa shape index (κ3) is 1.82. The molecule has 0 aliphatic carbocycles. The average Bonchev–Trinajstić information content (AvgIpc) is 1.88. The van der Waals surface area contributed by atoms with Crippen LogP contribution in [0.3, 0.4) is 0 Å². The minimum absolute atomic E-state index is 0.535. The Bertz CT molecular complexity index is 220. The Labute approximate surface area is 68.8 Å². The maximum Gasteiger partial charge on any atom is 0.134 e. The molecule has 0 aliphatic rings. The van der Waals surface area contributed by atoms with Crippen LogP contribution in [-0.2, 0) is 0 Å². The van der Waals surface area contributed by atoms with Gasteiger partial charge in [-0.05, 0) is 12.5 Å². The predicted octanol–water partition coefficient (Wildman–Crippen LogP) is 2.38. The summed E-state index contributed by atoms with van der Waals surface area (Å²) < 4.78 is 0. The Morgan fingerprint density at radius 3 is 2.60 bits per heavy atom. The summed E-state index contributed by atoms with van der Waals surface area (Å²) in [6.07, 6.45) is 0. The lowest BCUT2D eigenvalue weighted by Crippen LogP contribution is -1.86. The van der Waals surface area contributed by atoms with Gasteiger partial charge in [0.1, 0.15) is 5.01 Å². The van der Waals surface area contributed by atoms with Gasteiger partial charge in [-0.25, -0.2) is 0 Å². The van der Waals surface area contributed by atoms with E-state index in [4.69, 9.17) is 5.11 Å². The van der Waals surface area contributed by atoms with Crippen LogP contribution in [0.4, 0.5) is 0 Å². The zero-order valence-electron chi connectivity index (χ0n) is 5.71. The number of alkyl halides is 1. The SMILES string of the molecule is Cc1cccc(C(O)Br)c1. The van der Waals surface area contributed by atoms with Crippen molar-refractivity contribution in [2.24, 2.45) is 0 Å². The van der Waals surface area contributed by atoms with E-state index in [1.54, 1.807) is 0 Å². The number of aliphatic hydroxyl groups is 1. The van der Waals surface area contributed by atoms with Gasteiger partial charge in [0, 0.05) is 0 Å². The predicted molar refractivity (Wildman–Crippen MR) is 45.1 cm³/mol. The summed E-state index contributed by atoms with van der Waals surface area (Å²) in [5, 5.41) is 8.53. The molecule has 0 saturated heterocycles. The lowest BCUT2D eigenvalue weighted by atomic mass is 10.1. The van der Waals surface area contributed by atoms with Crippen LogP contribution < -0.4 is 0 Å². The largest absolute Gasteiger partial charge is 0.377 e. The third-order valence-corrected chi connectivity index (χ3v) is 1.85. The van der Waals surface area contributed by atoms with E-state index < -0.39 is 5.01 Å². The highest BCUT2D eigenvalue weighted by Crippen LogP contribution is 2.19. The maximum atomic E-state index is 9.06. The van der Waals surface area contributed by atoms with E-state index in [1.807, 2.05) is 31.2 Å². The molecule has 1 atom stereocenters. The van der Waals surface area contributed by atoms with E-state index in [2.05, 4.69) is 15.9 Å². The first kappa shape index (κ1) is 7.76. The summed E-state index contributed by atoms with van der Waals surface area (Å²) in [6, 6.07) is 7.75. The highest BCUT2D eigenvalue weighted by atomic mass is 79.9. The molecule has 1 aromatic carbocycles. The summed E-state index contributed by atoms with van der Waals surface area (Å²) in [4.78, 5) is 0. The summed E-state index contributed by atoms with van der Waals surface area (Å²) in [5.41, 5.74) is 2.07. The van der Waals surface area contributed by atoms with Gasteiger partial charge in [0.2, 0.25) is 0 Å². The molecule has 1 unspecified atom stereocenters. The first-order valence-corrected chi connectivity index (χ1v) is 4.00. The Balaban J connectivity index is 2.96. The van der Waals surface area contributed by atoms with Gasteiger partial charge in [0.25, 0.3) is 0 Å². The van der Waals surface area contributed by atoms with Crippen LogP contribution in [-0.4, -0.2) is 5.11 Å². The molecule has 0 saturated carbocycles. The first-order valence-electron chi connectivity index (χ1n) is 3.09. The fourth-order valence-corrected chi connectivity index (χ4v) is 1.10. The number of halogens is 1. The number of benzene rings is 1. The van der Waals surface area contributed by atoms with Crippen molar-refractivity contribution in [2.45, 2.75) is 11.9 Å². The summed E-state index contributed by atoms with van der Waals surface area (Å²) >= 11 is 3.07. The smallest absolute Gasteiger partial charge is 0.134 e. The van der Waals surface area contributed by atoms with Crippen molar-refractivity contribution in [3.05, 3.63) is 35.4 Å². The van der Waals surface area contributed by atoms with Crippen LogP contribution in [0.1, 0.15) is 16.1 Å². The molecule has 1 aromatic rings. The third-order valence-electron chi connectivity index (χ3n) is 1.32. The van der Waals surface area contributed by atoms with E-state index in [0.717, 1.165) is 11.1 Å². The van der Waals surface area contributed by atoms with Gasteiger partial charge in [-0.1, -0.05) is 45.8 Å².